The summed E-state index contributed by atoms with van der Waals surface area (Å²) >= 11 is 11.1. The summed E-state index contributed by atoms with van der Waals surface area (Å²) in [6.07, 6.45) is 0. The van der Waals surface area contributed by atoms with Gasteiger partial charge in [0.1, 0.15) is 0 Å². The van der Waals surface area contributed by atoms with Gasteiger partial charge in [-0.1, -0.05) is 13.8 Å². The van der Waals surface area contributed by atoms with Gasteiger partial charge in [-0.2, -0.15) is 0 Å². The predicted octanol–water partition coefficient (Wildman–Crippen LogP) is 2.74. The van der Waals surface area contributed by atoms with Gasteiger partial charge in [0.25, 0.3) is 0 Å². The van der Waals surface area contributed by atoms with Crippen LogP contribution in [-0.4, -0.2) is 11.8 Å². The summed E-state index contributed by atoms with van der Waals surface area (Å²) in [7, 11) is 0. The molecule has 0 amide bonds. The fraction of sp³-hybridized carbons (Fsp3) is 1.00. The van der Waals surface area contributed by atoms with E-state index in [2.05, 4.69) is 13.8 Å². The van der Waals surface area contributed by atoms with Crippen molar-refractivity contribution in [1.29, 1.82) is 0 Å². The standard InChI is InChI=1S/C6H12Cl2/c1-5(3-7)6(2)4-8/h5-6H,3-4H2,1-2H3/t5-,6+. The number of hydrogen-bond donors (Lipinski definition) is 0. The van der Waals surface area contributed by atoms with Crippen LogP contribution in [0.1, 0.15) is 13.8 Å². The second kappa shape index (κ2) is 4.46. The highest BCUT2D eigenvalue weighted by atomic mass is 35.5. The van der Waals surface area contributed by atoms with Crippen LogP contribution in [0.3, 0.4) is 0 Å². The Labute approximate surface area is 61.2 Å². The van der Waals surface area contributed by atoms with Crippen molar-refractivity contribution in [1.82, 2.24) is 0 Å². The van der Waals surface area contributed by atoms with Gasteiger partial charge in [0.05, 0.1) is 0 Å². The number of rotatable bonds is 3. The van der Waals surface area contributed by atoms with E-state index in [0.717, 1.165) is 0 Å². The molecule has 0 unspecified atom stereocenters. The molecule has 0 nitrogen and oxygen atoms in total. The van der Waals surface area contributed by atoms with E-state index < -0.39 is 0 Å². The molecule has 0 bridgehead atoms. The summed E-state index contributed by atoms with van der Waals surface area (Å²) in [6.45, 7) is 4.22. The van der Waals surface area contributed by atoms with E-state index in [1.54, 1.807) is 0 Å². The van der Waals surface area contributed by atoms with Crippen LogP contribution in [0.4, 0.5) is 0 Å². The van der Waals surface area contributed by atoms with Crippen molar-refractivity contribution >= 4 is 23.2 Å². The van der Waals surface area contributed by atoms with E-state index in [1.165, 1.54) is 0 Å². The SMILES string of the molecule is C[C@H](CCl)[C@@H](C)CCl. The number of alkyl halides is 2. The van der Waals surface area contributed by atoms with Gasteiger partial charge in [0.15, 0.2) is 0 Å². The fourth-order valence-electron chi connectivity index (χ4n) is 0.304. The molecule has 0 aromatic rings. The summed E-state index contributed by atoms with van der Waals surface area (Å²) in [5.74, 6) is 2.53. The van der Waals surface area contributed by atoms with Gasteiger partial charge in [-0.3, -0.25) is 0 Å². The Kier molecular flexibility index (Phi) is 4.78. The smallest absolute Gasteiger partial charge is 0.0252 e. The molecular weight excluding hydrogens is 143 g/mol. The molecule has 0 heterocycles. The molecule has 0 spiro atoms. The summed E-state index contributed by atoms with van der Waals surface area (Å²) in [4.78, 5) is 0. The molecule has 0 radical (unpaired) electrons. The number of hydrogen-bond acceptors (Lipinski definition) is 0. The third kappa shape index (κ3) is 2.78. The zero-order valence-electron chi connectivity index (χ0n) is 5.32. The molecule has 0 rings (SSSR count). The molecule has 2 heteroatoms. The molecule has 0 aliphatic carbocycles. The quantitative estimate of drug-likeness (QED) is 0.549. The predicted molar refractivity (Wildman–Crippen MR) is 39.8 cm³/mol. The highest BCUT2D eigenvalue weighted by Crippen LogP contribution is 2.13. The highest BCUT2D eigenvalue weighted by molar-refractivity contribution is 6.19. The molecule has 0 N–H and O–H groups in total. The molecule has 50 valence electrons. The van der Waals surface area contributed by atoms with Gasteiger partial charge in [0, 0.05) is 11.8 Å². The molecule has 0 aromatic carbocycles. The summed E-state index contributed by atoms with van der Waals surface area (Å²) in [5, 5.41) is 0. The Hall–Kier alpha value is 0.580. The zero-order valence-corrected chi connectivity index (χ0v) is 6.84. The van der Waals surface area contributed by atoms with Gasteiger partial charge in [-0.05, 0) is 11.8 Å². The summed E-state index contributed by atoms with van der Waals surface area (Å²) < 4.78 is 0. The molecule has 0 saturated carbocycles. The van der Waals surface area contributed by atoms with Gasteiger partial charge in [-0.25, -0.2) is 0 Å². The lowest BCUT2D eigenvalue weighted by Gasteiger charge is -2.12. The Morgan fingerprint density at radius 2 is 1.25 bits per heavy atom. The molecule has 0 saturated heterocycles. The van der Waals surface area contributed by atoms with E-state index in [1.807, 2.05) is 0 Å². The molecular formula is C6H12Cl2. The van der Waals surface area contributed by atoms with Gasteiger partial charge >= 0.3 is 0 Å². The van der Waals surface area contributed by atoms with Crippen LogP contribution in [-0.2, 0) is 0 Å². The minimum absolute atomic E-state index is 0.550. The largest absolute Gasteiger partial charge is 0.126 e. The molecule has 0 aromatic heterocycles. The van der Waals surface area contributed by atoms with Crippen molar-refractivity contribution < 1.29 is 0 Å². The normalized spacial score (nSPS) is 18.0. The Bertz CT molecular complexity index is 46.5. The monoisotopic (exact) mass is 154 g/mol. The van der Waals surface area contributed by atoms with Gasteiger partial charge in [-0.15, -0.1) is 23.2 Å². The topological polar surface area (TPSA) is 0 Å². The first-order valence-electron chi connectivity index (χ1n) is 2.84. The van der Waals surface area contributed by atoms with E-state index >= 15 is 0 Å². The minimum atomic E-state index is 0.550. The maximum absolute atomic E-state index is 5.57. The average molecular weight is 155 g/mol. The fourth-order valence-corrected chi connectivity index (χ4v) is 0.912. The minimum Gasteiger partial charge on any atom is -0.126 e. The van der Waals surface area contributed by atoms with Crippen molar-refractivity contribution in [3.63, 3.8) is 0 Å². The first-order valence-corrected chi connectivity index (χ1v) is 3.91. The van der Waals surface area contributed by atoms with Crippen molar-refractivity contribution in [2.75, 3.05) is 11.8 Å². The van der Waals surface area contributed by atoms with Crippen LogP contribution in [0.2, 0.25) is 0 Å². The van der Waals surface area contributed by atoms with Crippen LogP contribution < -0.4 is 0 Å². The molecule has 0 aliphatic rings. The molecule has 2 atom stereocenters. The van der Waals surface area contributed by atoms with Gasteiger partial charge in [0.2, 0.25) is 0 Å². The summed E-state index contributed by atoms with van der Waals surface area (Å²) in [6, 6.07) is 0. The Morgan fingerprint density at radius 1 is 1.00 bits per heavy atom. The van der Waals surface area contributed by atoms with Crippen molar-refractivity contribution in [2.24, 2.45) is 11.8 Å². The maximum atomic E-state index is 5.57. The molecule has 8 heavy (non-hydrogen) atoms. The van der Waals surface area contributed by atoms with Crippen molar-refractivity contribution in [2.45, 2.75) is 13.8 Å². The second-order valence-electron chi connectivity index (χ2n) is 2.26. The van der Waals surface area contributed by atoms with E-state index in [-0.39, 0.29) is 0 Å². The Morgan fingerprint density at radius 3 is 1.38 bits per heavy atom. The van der Waals surface area contributed by atoms with Crippen LogP contribution in [0.15, 0.2) is 0 Å². The van der Waals surface area contributed by atoms with Crippen LogP contribution in [0.5, 0.6) is 0 Å². The lowest BCUT2D eigenvalue weighted by atomic mass is 10.0. The lowest BCUT2D eigenvalue weighted by molar-refractivity contribution is 0.467. The molecule has 0 aliphatic heterocycles. The lowest BCUT2D eigenvalue weighted by Crippen LogP contribution is -2.10. The highest BCUT2D eigenvalue weighted by Gasteiger charge is 2.07. The maximum Gasteiger partial charge on any atom is 0.0252 e. The molecule has 0 fully saturated rings. The Balaban J connectivity index is 3.29. The third-order valence-corrected chi connectivity index (χ3v) is 2.43. The third-order valence-electron chi connectivity index (χ3n) is 1.46. The van der Waals surface area contributed by atoms with E-state index in [9.17, 15) is 0 Å². The van der Waals surface area contributed by atoms with Gasteiger partial charge < -0.3 is 0 Å². The van der Waals surface area contributed by atoms with E-state index in [0.29, 0.717) is 23.6 Å². The van der Waals surface area contributed by atoms with Crippen molar-refractivity contribution in [3.8, 4) is 0 Å². The summed E-state index contributed by atoms with van der Waals surface area (Å²) in [5.41, 5.74) is 0. The first kappa shape index (κ1) is 8.58. The van der Waals surface area contributed by atoms with Crippen LogP contribution in [0, 0.1) is 11.8 Å². The second-order valence-corrected chi connectivity index (χ2v) is 2.88. The average Bonchev–Trinajstić information content (AvgIpc) is 1.84. The van der Waals surface area contributed by atoms with E-state index in [4.69, 9.17) is 23.2 Å². The zero-order chi connectivity index (χ0) is 6.57. The first-order chi connectivity index (χ1) is 3.72. The van der Waals surface area contributed by atoms with Crippen molar-refractivity contribution in [3.05, 3.63) is 0 Å². The number of halogens is 2. The van der Waals surface area contributed by atoms with Crippen LogP contribution in [0.25, 0.3) is 0 Å². The van der Waals surface area contributed by atoms with Crippen LogP contribution >= 0.6 is 23.2 Å².